The third-order valence-corrected chi connectivity index (χ3v) is 2.63. The van der Waals surface area contributed by atoms with Crippen LogP contribution in [0.25, 0.3) is 10.9 Å². The molecule has 0 aliphatic heterocycles. The number of halogens is 1. The lowest BCUT2D eigenvalue weighted by Crippen LogP contribution is -2.00. The number of pyridine rings is 1. The zero-order valence-electron chi connectivity index (χ0n) is 7.70. The van der Waals surface area contributed by atoms with Gasteiger partial charge in [-0.05, 0) is 34.0 Å². The topological polar surface area (TPSA) is 30.0 Å². The highest BCUT2D eigenvalue weighted by atomic mass is 79.9. The molecule has 0 unspecified atom stereocenters. The van der Waals surface area contributed by atoms with Crippen LogP contribution in [0.3, 0.4) is 0 Å². The molecule has 1 heterocycles. The van der Waals surface area contributed by atoms with Crippen molar-refractivity contribution < 1.29 is 4.79 Å². The number of nitrogens with zero attached hydrogens (tertiary/aromatic N) is 1. The molecule has 0 saturated heterocycles. The van der Waals surface area contributed by atoms with E-state index in [1.54, 1.807) is 0 Å². The molecule has 3 heteroatoms. The van der Waals surface area contributed by atoms with Gasteiger partial charge >= 0.3 is 0 Å². The molecule has 0 amide bonds. The van der Waals surface area contributed by atoms with E-state index in [4.69, 9.17) is 6.42 Å². The second-order valence-electron chi connectivity index (χ2n) is 2.98. The van der Waals surface area contributed by atoms with Gasteiger partial charge in [-0.15, -0.1) is 6.42 Å². The highest BCUT2D eigenvalue weighted by Gasteiger charge is 2.10. The molecule has 0 atom stereocenters. The summed E-state index contributed by atoms with van der Waals surface area (Å²) in [7, 11) is 0. The van der Waals surface area contributed by atoms with Crippen LogP contribution in [0.5, 0.6) is 0 Å². The molecule has 0 radical (unpaired) electrons. The zero-order valence-corrected chi connectivity index (χ0v) is 9.28. The Morgan fingerprint density at radius 1 is 1.40 bits per heavy atom. The number of ketones is 1. The summed E-state index contributed by atoms with van der Waals surface area (Å²) in [5, 5.41) is 0.970. The fraction of sp³-hybridized carbons (Fsp3) is 0. The van der Waals surface area contributed by atoms with E-state index in [0.717, 1.165) is 10.9 Å². The first kappa shape index (κ1) is 9.88. The van der Waals surface area contributed by atoms with E-state index in [0.29, 0.717) is 4.47 Å². The number of carbonyl (C=O) groups is 1. The molecule has 1 aromatic heterocycles. The van der Waals surface area contributed by atoms with Gasteiger partial charge in [-0.3, -0.25) is 4.79 Å². The zero-order chi connectivity index (χ0) is 10.8. The molecule has 0 N–H and O–H groups in total. The van der Waals surface area contributed by atoms with Gasteiger partial charge in [0.15, 0.2) is 0 Å². The number of fused-ring (bicyclic) bond motifs is 1. The van der Waals surface area contributed by atoms with Crippen LogP contribution in [0.1, 0.15) is 10.5 Å². The van der Waals surface area contributed by atoms with Crippen LogP contribution < -0.4 is 0 Å². The van der Waals surface area contributed by atoms with Crippen molar-refractivity contribution in [1.82, 2.24) is 4.98 Å². The number of benzene rings is 1. The summed E-state index contributed by atoms with van der Waals surface area (Å²) < 4.78 is 0.629. The van der Waals surface area contributed by atoms with Crippen LogP contribution >= 0.6 is 15.9 Å². The van der Waals surface area contributed by atoms with Crippen LogP contribution in [0.4, 0.5) is 0 Å². The Balaban J connectivity index is 2.74. The molecule has 0 bridgehead atoms. The van der Waals surface area contributed by atoms with Gasteiger partial charge in [0, 0.05) is 9.86 Å². The van der Waals surface area contributed by atoms with Crippen molar-refractivity contribution >= 4 is 32.6 Å². The van der Waals surface area contributed by atoms with E-state index in [1.165, 1.54) is 0 Å². The summed E-state index contributed by atoms with van der Waals surface area (Å²) in [6.07, 6.45) is 5.06. The first-order chi connectivity index (χ1) is 7.22. The van der Waals surface area contributed by atoms with E-state index in [-0.39, 0.29) is 5.69 Å². The smallest absolute Gasteiger partial charge is 0.255 e. The van der Waals surface area contributed by atoms with Crippen molar-refractivity contribution in [3.8, 4) is 12.3 Å². The minimum Gasteiger partial charge on any atom is -0.277 e. The SMILES string of the molecule is C#CC(=O)c1nc2ccccc2cc1Br. The quantitative estimate of drug-likeness (QED) is 0.448. The Hall–Kier alpha value is -1.66. The summed E-state index contributed by atoms with van der Waals surface area (Å²) in [6.45, 7) is 0. The maximum Gasteiger partial charge on any atom is 0.255 e. The van der Waals surface area contributed by atoms with Crippen molar-refractivity contribution in [2.45, 2.75) is 0 Å². The lowest BCUT2D eigenvalue weighted by molar-refractivity contribution is 0.105. The Morgan fingerprint density at radius 2 is 2.13 bits per heavy atom. The van der Waals surface area contributed by atoms with Gasteiger partial charge in [0.05, 0.1) is 5.52 Å². The van der Waals surface area contributed by atoms with Crippen molar-refractivity contribution in [2.75, 3.05) is 0 Å². The predicted octanol–water partition coefficient (Wildman–Crippen LogP) is 2.81. The third kappa shape index (κ3) is 1.77. The first-order valence-corrected chi connectivity index (χ1v) is 5.08. The van der Waals surface area contributed by atoms with Crippen LogP contribution in [-0.4, -0.2) is 10.8 Å². The average Bonchev–Trinajstić information content (AvgIpc) is 2.27. The number of rotatable bonds is 1. The molecule has 0 aliphatic carbocycles. The number of aromatic nitrogens is 1. The summed E-state index contributed by atoms with van der Waals surface area (Å²) in [5.41, 5.74) is 1.05. The van der Waals surface area contributed by atoms with E-state index in [1.807, 2.05) is 30.3 Å². The van der Waals surface area contributed by atoms with Gasteiger partial charge in [-0.25, -0.2) is 4.98 Å². The van der Waals surface area contributed by atoms with Gasteiger partial charge in [0.25, 0.3) is 5.78 Å². The summed E-state index contributed by atoms with van der Waals surface area (Å²) in [6, 6.07) is 9.39. The molecule has 0 aliphatic rings. The Kier molecular flexibility index (Phi) is 2.53. The highest BCUT2D eigenvalue weighted by Crippen LogP contribution is 2.21. The Bertz CT molecular complexity index is 584. The largest absolute Gasteiger partial charge is 0.277 e. The van der Waals surface area contributed by atoms with Crippen LogP contribution in [0.2, 0.25) is 0 Å². The first-order valence-electron chi connectivity index (χ1n) is 4.28. The van der Waals surface area contributed by atoms with E-state index >= 15 is 0 Å². The summed E-state index contributed by atoms with van der Waals surface area (Å²) in [4.78, 5) is 15.6. The monoisotopic (exact) mass is 259 g/mol. The van der Waals surface area contributed by atoms with Crippen molar-refractivity contribution in [3.63, 3.8) is 0 Å². The predicted molar refractivity (Wildman–Crippen MR) is 62.6 cm³/mol. The fourth-order valence-corrected chi connectivity index (χ4v) is 1.83. The minimum atomic E-state index is -0.410. The van der Waals surface area contributed by atoms with Crippen molar-refractivity contribution in [1.29, 1.82) is 0 Å². The molecule has 72 valence electrons. The highest BCUT2D eigenvalue weighted by molar-refractivity contribution is 9.10. The van der Waals surface area contributed by atoms with Gasteiger partial charge in [0.1, 0.15) is 5.69 Å². The molecule has 15 heavy (non-hydrogen) atoms. The maximum absolute atomic E-state index is 11.3. The molecule has 0 saturated carbocycles. The van der Waals surface area contributed by atoms with Gasteiger partial charge < -0.3 is 0 Å². The van der Waals surface area contributed by atoms with Gasteiger partial charge in [0.2, 0.25) is 0 Å². The maximum atomic E-state index is 11.3. The number of hydrogen-bond donors (Lipinski definition) is 0. The molecule has 2 aromatic rings. The van der Waals surface area contributed by atoms with Crippen LogP contribution in [0, 0.1) is 12.3 Å². The third-order valence-electron chi connectivity index (χ3n) is 2.02. The van der Waals surface area contributed by atoms with Gasteiger partial charge in [-0.1, -0.05) is 18.2 Å². The number of carbonyl (C=O) groups excluding carboxylic acids is 1. The fourth-order valence-electron chi connectivity index (χ4n) is 1.32. The average molecular weight is 260 g/mol. The molecule has 2 nitrogen and oxygen atoms in total. The van der Waals surface area contributed by atoms with E-state index in [9.17, 15) is 4.79 Å². The van der Waals surface area contributed by atoms with E-state index < -0.39 is 5.78 Å². The van der Waals surface area contributed by atoms with Crippen molar-refractivity contribution in [2.24, 2.45) is 0 Å². The summed E-state index contributed by atoms with van der Waals surface area (Å²) in [5.74, 6) is 1.65. The molecule has 0 spiro atoms. The molecular formula is C12H6BrNO. The van der Waals surface area contributed by atoms with Crippen LogP contribution in [0.15, 0.2) is 34.8 Å². The number of para-hydroxylation sites is 1. The van der Waals surface area contributed by atoms with Crippen molar-refractivity contribution in [3.05, 3.63) is 40.5 Å². The lowest BCUT2D eigenvalue weighted by Gasteiger charge is -2.01. The summed E-state index contributed by atoms with van der Waals surface area (Å²) >= 11 is 3.28. The Labute approximate surface area is 95.5 Å². The molecule has 0 fully saturated rings. The molecular weight excluding hydrogens is 254 g/mol. The lowest BCUT2D eigenvalue weighted by atomic mass is 10.2. The Morgan fingerprint density at radius 3 is 2.87 bits per heavy atom. The molecule has 2 rings (SSSR count). The number of Topliss-reactive ketones (excluding diaryl/α,β-unsaturated/α-hetero) is 1. The second-order valence-corrected chi connectivity index (χ2v) is 3.84. The minimum absolute atomic E-state index is 0.288. The normalized spacial score (nSPS) is 9.87. The van der Waals surface area contributed by atoms with E-state index in [2.05, 4.69) is 26.8 Å². The van der Waals surface area contributed by atoms with Gasteiger partial charge in [-0.2, -0.15) is 0 Å². The number of terminal acetylenes is 1. The molecule has 1 aromatic carbocycles. The number of hydrogen-bond acceptors (Lipinski definition) is 2. The standard InChI is InChI=1S/C12H6BrNO/c1-2-11(15)12-9(13)7-8-5-3-4-6-10(8)14-12/h1,3-7H. The van der Waals surface area contributed by atoms with Crippen LogP contribution in [-0.2, 0) is 0 Å². The second kappa shape index (κ2) is 3.84.